The maximum atomic E-state index is 12.6. The van der Waals surface area contributed by atoms with Crippen LogP contribution in [-0.2, 0) is 17.7 Å². The molecule has 0 spiro atoms. The smallest absolute Gasteiger partial charge is 0.337 e. The third kappa shape index (κ3) is 4.16. The fraction of sp³-hybridized carbons (Fsp3) is 0.167. The topological polar surface area (TPSA) is 58.6 Å². The predicted octanol–water partition coefficient (Wildman–Crippen LogP) is 4.94. The van der Waals surface area contributed by atoms with E-state index in [9.17, 15) is 9.59 Å². The lowest BCUT2D eigenvalue weighted by Gasteiger charge is -2.19. The van der Waals surface area contributed by atoms with E-state index in [-0.39, 0.29) is 5.91 Å². The van der Waals surface area contributed by atoms with Crippen LogP contribution in [0.2, 0.25) is 5.02 Å². The maximum Gasteiger partial charge on any atom is 0.337 e. The molecule has 0 bridgehead atoms. The van der Waals surface area contributed by atoms with Crippen LogP contribution in [0.4, 0.5) is 11.4 Å². The first kappa shape index (κ1) is 20.0. The lowest BCUT2D eigenvalue weighted by atomic mass is 10.1. The summed E-state index contributed by atoms with van der Waals surface area (Å²) in [5.41, 5.74) is 4.98. The maximum absolute atomic E-state index is 12.6. The van der Waals surface area contributed by atoms with Gasteiger partial charge >= 0.3 is 5.97 Å². The van der Waals surface area contributed by atoms with E-state index in [4.69, 9.17) is 16.3 Å². The molecule has 0 aromatic heterocycles. The van der Waals surface area contributed by atoms with Crippen molar-refractivity contribution < 1.29 is 14.3 Å². The summed E-state index contributed by atoms with van der Waals surface area (Å²) in [5.74, 6) is -0.785. The van der Waals surface area contributed by atoms with Crippen LogP contribution in [0, 0.1) is 0 Å². The van der Waals surface area contributed by atoms with E-state index < -0.39 is 5.97 Å². The summed E-state index contributed by atoms with van der Waals surface area (Å²) in [6.07, 6.45) is 1.06. The quantitative estimate of drug-likeness (QED) is 0.594. The highest BCUT2D eigenvalue weighted by molar-refractivity contribution is 6.34. The van der Waals surface area contributed by atoms with Crippen LogP contribution in [-0.4, -0.2) is 25.5 Å². The molecule has 1 N–H and O–H groups in total. The number of carbonyl (C=O) groups excluding carboxylic acids is 2. The molecule has 0 saturated carbocycles. The van der Waals surface area contributed by atoms with Crippen molar-refractivity contribution >= 4 is 34.9 Å². The molecule has 1 aliphatic heterocycles. The van der Waals surface area contributed by atoms with Gasteiger partial charge in [0, 0.05) is 24.3 Å². The Labute approximate surface area is 180 Å². The van der Waals surface area contributed by atoms with Crippen molar-refractivity contribution in [1.29, 1.82) is 0 Å². The number of hydrogen-bond acceptors (Lipinski definition) is 4. The molecular formula is C24H21ClN2O3. The number of anilines is 2. The summed E-state index contributed by atoms with van der Waals surface area (Å²) in [6, 6.07) is 20.6. The lowest BCUT2D eigenvalue weighted by Crippen LogP contribution is -2.19. The first-order valence-electron chi connectivity index (χ1n) is 9.66. The van der Waals surface area contributed by atoms with Gasteiger partial charge in [0.25, 0.3) is 5.91 Å². The summed E-state index contributed by atoms with van der Waals surface area (Å²) in [6.45, 7) is 1.79. The Morgan fingerprint density at radius 3 is 2.53 bits per heavy atom. The zero-order chi connectivity index (χ0) is 21.1. The van der Waals surface area contributed by atoms with Crippen LogP contribution in [0.15, 0.2) is 66.7 Å². The van der Waals surface area contributed by atoms with E-state index >= 15 is 0 Å². The van der Waals surface area contributed by atoms with Crippen molar-refractivity contribution in [1.82, 2.24) is 0 Å². The number of benzene rings is 3. The molecule has 0 radical (unpaired) electrons. The van der Waals surface area contributed by atoms with Gasteiger partial charge in [0.05, 0.1) is 23.4 Å². The van der Waals surface area contributed by atoms with Gasteiger partial charge in [-0.25, -0.2) is 4.79 Å². The fourth-order valence-electron chi connectivity index (χ4n) is 3.61. The summed E-state index contributed by atoms with van der Waals surface area (Å²) >= 11 is 6.16. The molecule has 152 valence electrons. The first-order chi connectivity index (χ1) is 14.5. The van der Waals surface area contributed by atoms with E-state index in [0.717, 1.165) is 25.1 Å². The molecule has 3 aromatic rings. The van der Waals surface area contributed by atoms with Gasteiger partial charge < -0.3 is 15.0 Å². The molecule has 0 fully saturated rings. The number of halogens is 1. The SMILES string of the molecule is COC(=O)c1ccc(Cl)c(NC(=O)c2ccc(CN3CCc4ccccc43)cc2)c1. The molecule has 4 rings (SSSR count). The van der Waals surface area contributed by atoms with Crippen molar-refractivity contribution in [2.24, 2.45) is 0 Å². The molecule has 0 atom stereocenters. The van der Waals surface area contributed by atoms with Crippen LogP contribution in [0.5, 0.6) is 0 Å². The second-order valence-electron chi connectivity index (χ2n) is 7.14. The third-order valence-electron chi connectivity index (χ3n) is 5.21. The number of methoxy groups -OCH3 is 1. The van der Waals surface area contributed by atoms with Gasteiger partial charge in [-0.2, -0.15) is 0 Å². The van der Waals surface area contributed by atoms with Crippen LogP contribution >= 0.6 is 11.6 Å². The molecule has 30 heavy (non-hydrogen) atoms. The molecule has 3 aromatic carbocycles. The number of fused-ring (bicyclic) bond motifs is 1. The molecule has 0 saturated heterocycles. The first-order valence-corrected chi connectivity index (χ1v) is 10.0. The number of amides is 1. The van der Waals surface area contributed by atoms with Gasteiger partial charge in [-0.05, 0) is 53.9 Å². The molecule has 1 heterocycles. The standard InChI is InChI=1S/C24H21ClN2O3/c1-30-24(29)19-10-11-20(25)21(14-19)26-23(28)18-8-6-16(7-9-18)15-27-13-12-17-4-2-3-5-22(17)27/h2-11,14H,12-13,15H2,1H3,(H,26,28). The summed E-state index contributed by atoms with van der Waals surface area (Å²) in [5, 5.41) is 3.11. The van der Waals surface area contributed by atoms with Crippen molar-refractivity contribution in [3.63, 3.8) is 0 Å². The second kappa shape index (κ2) is 8.59. The second-order valence-corrected chi connectivity index (χ2v) is 7.54. The molecule has 0 unspecified atom stereocenters. The van der Waals surface area contributed by atoms with Gasteiger partial charge in [0.1, 0.15) is 0 Å². The number of carbonyl (C=O) groups is 2. The minimum Gasteiger partial charge on any atom is -0.465 e. The minimum absolute atomic E-state index is 0.294. The fourth-order valence-corrected chi connectivity index (χ4v) is 3.78. The molecule has 6 heteroatoms. The molecule has 0 aliphatic carbocycles. The molecule has 1 amide bonds. The average molecular weight is 421 g/mol. The van der Waals surface area contributed by atoms with Gasteiger partial charge in [-0.15, -0.1) is 0 Å². The zero-order valence-electron chi connectivity index (χ0n) is 16.5. The highest BCUT2D eigenvalue weighted by Gasteiger charge is 2.18. The monoisotopic (exact) mass is 420 g/mol. The van der Waals surface area contributed by atoms with Crippen molar-refractivity contribution in [2.75, 3.05) is 23.9 Å². The highest BCUT2D eigenvalue weighted by Crippen LogP contribution is 2.29. The lowest BCUT2D eigenvalue weighted by molar-refractivity contribution is 0.0600. The Balaban J connectivity index is 1.45. The number of nitrogens with zero attached hydrogens (tertiary/aromatic N) is 1. The van der Waals surface area contributed by atoms with E-state index in [0.29, 0.717) is 21.8 Å². The van der Waals surface area contributed by atoms with E-state index in [2.05, 4.69) is 34.5 Å². The summed E-state index contributed by atoms with van der Waals surface area (Å²) < 4.78 is 4.71. The number of para-hydroxylation sites is 1. The molecular weight excluding hydrogens is 400 g/mol. The van der Waals surface area contributed by atoms with Gasteiger partial charge in [0.2, 0.25) is 0 Å². The van der Waals surface area contributed by atoms with Gasteiger partial charge in [-0.3, -0.25) is 4.79 Å². The Morgan fingerprint density at radius 2 is 1.77 bits per heavy atom. The van der Waals surface area contributed by atoms with Crippen LogP contribution in [0.3, 0.4) is 0 Å². The molecule has 1 aliphatic rings. The van der Waals surface area contributed by atoms with Crippen LogP contribution in [0.1, 0.15) is 31.8 Å². The van der Waals surface area contributed by atoms with Crippen molar-refractivity contribution in [3.05, 3.63) is 94.0 Å². The van der Waals surface area contributed by atoms with Crippen molar-refractivity contribution in [3.8, 4) is 0 Å². The number of esters is 1. The largest absolute Gasteiger partial charge is 0.465 e. The number of ether oxygens (including phenoxy) is 1. The highest BCUT2D eigenvalue weighted by atomic mass is 35.5. The number of nitrogens with one attached hydrogen (secondary N) is 1. The number of hydrogen-bond donors (Lipinski definition) is 1. The average Bonchev–Trinajstić information content (AvgIpc) is 3.18. The number of rotatable bonds is 5. The van der Waals surface area contributed by atoms with Crippen LogP contribution < -0.4 is 10.2 Å². The Bertz CT molecular complexity index is 1100. The predicted molar refractivity (Wildman–Crippen MR) is 118 cm³/mol. The van der Waals surface area contributed by atoms with Crippen LogP contribution in [0.25, 0.3) is 0 Å². The van der Waals surface area contributed by atoms with Crippen molar-refractivity contribution in [2.45, 2.75) is 13.0 Å². The van der Waals surface area contributed by atoms with Gasteiger partial charge in [0.15, 0.2) is 0 Å². The third-order valence-corrected chi connectivity index (χ3v) is 5.54. The Morgan fingerprint density at radius 1 is 1.03 bits per heavy atom. The summed E-state index contributed by atoms with van der Waals surface area (Å²) in [4.78, 5) is 26.7. The minimum atomic E-state index is -0.491. The molecule has 5 nitrogen and oxygen atoms in total. The van der Waals surface area contributed by atoms with E-state index in [1.807, 2.05) is 12.1 Å². The van der Waals surface area contributed by atoms with Gasteiger partial charge in [-0.1, -0.05) is 41.9 Å². The Kier molecular flexibility index (Phi) is 5.72. The van der Waals surface area contributed by atoms with E-state index in [1.165, 1.54) is 24.4 Å². The Hall–Kier alpha value is -3.31. The van der Waals surface area contributed by atoms with E-state index in [1.54, 1.807) is 24.3 Å². The zero-order valence-corrected chi connectivity index (χ0v) is 17.3. The normalized spacial score (nSPS) is 12.4. The summed E-state index contributed by atoms with van der Waals surface area (Å²) in [7, 11) is 1.30.